The number of hydrogen-bond donors (Lipinski definition) is 1. The van der Waals surface area contributed by atoms with Crippen molar-refractivity contribution in [3.63, 3.8) is 0 Å². The maximum atomic E-state index is 12.0. The lowest BCUT2D eigenvalue weighted by atomic mass is 10.1. The number of hydrogen-bond acceptors (Lipinski definition) is 2. The number of nitrogens with one attached hydrogen (secondary N) is 1. The third-order valence-electron chi connectivity index (χ3n) is 3.53. The van der Waals surface area contributed by atoms with Crippen LogP contribution in [0.5, 0.6) is 0 Å². The van der Waals surface area contributed by atoms with Gasteiger partial charge in [-0.25, -0.2) is 0 Å². The fourth-order valence-electron chi connectivity index (χ4n) is 2.39. The van der Waals surface area contributed by atoms with Crippen molar-refractivity contribution in [3.8, 4) is 0 Å². The van der Waals surface area contributed by atoms with Gasteiger partial charge in [-0.1, -0.05) is 25.5 Å². The predicted octanol–water partition coefficient (Wildman–Crippen LogP) is 2.38. The second-order valence-electron chi connectivity index (χ2n) is 5.71. The number of ether oxygens (including phenoxy) is 1. The fourth-order valence-corrected chi connectivity index (χ4v) is 2.39. The standard InChI is InChI=1S/C14H25NO2/c1-10(2)9-11-12(14(11,3)4)13(16)15-7-6-8-17-5/h9,11-12H,6-8H2,1-5H3,(H,15,16). The summed E-state index contributed by atoms with van der Waals surface area (Å²) in [6.07, 6.45) is 3.10. The van der Waals surface area contributed by atoms with Gasteiger partial charge in [-0.05, 0) is 31.6 Å². The Hall–Kier alpha value is -0.830. The van der Waals surface area contributed by atoms with Gasteiger partial charge in [-0.2, -0.15) is 0 Å². The first-order chi connectivity index (χ1) is 7.91. The van der Waals surface area contributed by atoms with E-state index in [0.29, 0.717) is 19.1 Å². The minimum absolute atomic E-state index is 0.114. The minimum atomic E-state index is 0.114. The molecule has 0 spiro atoms. The Morgan fingerprint density at radius 1 is 1.41 bits per heavy atom. The Morgan fingerprint density at radius 2 is 2.06 bits per heavy atom. The van der Waals surface area contributed by atoms with Crippen LogP contribution in [0.3, 0.4) is 0 Å². The lowest BCUT2D eigenvalue weighted by Crippen LogP contribution is -2.28. The zero-order valence-electron chi connectivity index (χ0n) is 11.7. The summed E-state index contributed by atoms with van der Waals surface area (Å²) in [7, 11) is 1.68. The summed E-state index contributed by atoms with van der Waals surface area (Å²) in [5.41, 5.74) is 1.40. The van der Waals surface area contributed by atoms with Gasteiger partial charge in [0.05, 0.1) is 5.92 Å². The van der Waals surface area contributed by atoms with Gasteiger partial charge in [0.15, 0.2) is 0 Å². The fraction of sp³-hybridized carbons (Fsp3) is 0.786. The van der Waals surface area contributed by atoms with Crippen LogP contribution in [-0.4, -0.2) is 26.2 Å². The van der Waals surface area contributed by atoms with Crippen molar-refractivity contribution in [3.05, 3.63) is 11.6 Å². The molecule has 0 bridgehead atoms. The second-order valence-corrected chi connectivity index (χ2v) is 5.71. The highest BCUT2D eigenvalue weighted by Gasteiger charge is 2.60. The average Bonchev–Trinajstić information content (AvgIpc) is 2.74. The maximum absolute atomic E-state index is 12.0. The first kappa shape index (κ1) is 14.2. The van der Waals surface area contributed by atoms with E-state index in [2.05, 4.69) is 39.1 Å². The Balaban J connectivity index is 2.41. The Bertz CT molecular complexity index is 303. The van der Waals surface area contributed by atoms with Crippen molar-refractivity contribution in [1.29, 1.82) is 0 Å². The summed E-state index contributed by atoms with van der Waals surface area (Å²) in [6.45, 7) is 9.91. The Kier molecular flexibility index (Phi) is 4.75. The molecule has 2 unspecified atom stereocenters. The summed E-state index contributed by atoms with van der Waals surface area (Å²) in [5.74, 6) is 0.725. The van der Waals surface area contributed by atoms with Gasteiger partial charge >= 0.3 is 0 Å². The molecule has 0 aromatic rings. The molecule has 1 aliphatic carbocycles. The first-order valence-electron chi connectivity index (χ1n) is 6.33. The summed E-state index contributed by atoms with van der Waals surface area (Å²) in [4.78, 5) is 12.0. The van der Waals surface area contributed by atoms with E-state index in [9.17, 15) is 4.79 Å². The van der Waals surface area contributed by atoms with E-state index in [1.54, 1.807) is 7.11 Å². The number of carbonyl (C=O) groups is 1. The smallest absolute Gasteiger partial charge is 0.224 e. The van der Waals surface area contributed by atoms with Crippen molar-refractivity contribution in [2.75, 3.05) is 20.3 Å². The number of carbonyl (C=O) groups excluding carboxylic acids is 1. The molecule has 0 radical (unpaired) electrons. The highest BCUT2D eigenvalue weighted by Crippen LogP contribution is 2.59. The van der Waals surface area contributed by atoms with Crippen molar-refractivity contribution in [2.45, 2.75) is 34.1 Å². The monoisotopic (exact) mass is 239 g/mol. The van der Waals surface area contributed by atoms with E-state index in [4.69, 9.17) is 4.74 Å². The quantitative estimate of drug-likeness (QED) is 0.571. The zero-order chi connectivity index (χ0) is 13.1. The lowest BCUT2D eigenvalue weighted by Gasteiger charge is -2.05. The van der Waals surface area contributed by atoms with Crippen molar-refractivity contribution in [1.82, 2.24) is 5.32 Å². The molecule has 0 heterocycles. The lowest BCUT2D eigenvalue weighted by molar-refractivity contribution is -0.123. The molecule has 1 N–H and O–H groups in total. The van der Waals surface area contributed by atoms with Gasteiger partial charge in [0, 0.05) is 20.3 Å². The van der Waals surface area contributed by atoms with Gasteiger partial charge in [0.1, 0.15) is 0 Å². The molecular weight excluding hydrogens is 214 g/mol. The minimum Gasteiger partial charge on any atom is -0.385 e. The van der Waals surface area contributed by atoms with Crippen molar-refractivity contribution in [2.24, 2.45) is 17.3 Å². The third-order valence-corrected chi connectivity index (χ3v) is 3.53. The van der Waals surface area contributed by atoms with E-state index in [1.165, 1.54) is 5.57 Å². The van der Waals surface area contributed by atoms with E-state index in [-0.39, 0.29) is 17.2 Å². The van der Waals surface area contributed by atoms with Gasteiger partial charge in [0.25, 0.3) is 0 Å². The van der Waals surface area contributed by atoms with Crippen LogP contribution in [0.2, 0.25) is 0 Å². The molecule has 1 fully saturated rings. The van der Waals surface area contributed by atoms with Crippen LogP contribution >= 0.6 is 0 Å². The maximum Gasteiger partial charge on any atom is 0.224 e. The normalized spacial score (nSPS) is 25.2. The SMILES string of the molecule is COCCCNC(=O)C1C(C=C(C)C)C1(C)C. The van der Waals surface area contributed by atoms with Crippen LogP contribution in [0.15, 0.2) is 11.6 Å². The van der Waals surface area contributed by atoms with E-state index >= 15 is 0 Å². The van der Waals surface area contributed by atoms with E-state index in [0.717, 1.165) is 6.42 Å². The van der Waals surface area contributed by atoms with Crippen LogP contribution in [0.25, 0.3) is 0 Å². The first-order valence-corrected chi connectivity index (χ1v) is 6.33. The van der Waals surface area contributed by atoms with Crippen LogP contribution in [-0.2, 0) is 9.53 Å². The van der Waals surface area contributed by atoms with E-state index in [1.807, 2.05) is 0 Å². The molecule has 0 aromatic heterocycles. The summed E-state index contributed by atoms with van der Waals surface area (Å²) in [5, 5.41) is 2.99. The van der Waals surface area contributed by atoms with Crippen LogP contribution in [0.4, 0.5) is 0 Å². The average molecular weight is 239 g/mol. The molecule has 0 aromatic carbocycles. The topological polar surface area (TPSA) is 38.3 Å². The van der Waals surface area contributed by atoms with Gasteiger partial charge < -0.3 is 10.1 Å². The highest BCUT2D eigenvalue weighted by molar-refractivity contribution is 5.83. The number of allylic oxidation sites excluding steroid dienone is 2. The molecule has 3 heteroatoms. The Morgan fingerprint density at radius 3 is 2.59 bits per heavy atom. The highest BCUT2D eigenvalue weighted by atomic mass is 16.5. The molecule has 1 rings (SSSR count). The van der Waals surface area contributed by atoms with Crippen LogP contribution < -0.4 is 5.32 Å². The van der Waals surface area contributed by atoms with Crippen LogP contribution in [0.1, 0.15) is 34.1 Å². The molecule has 3 nitrogen and oxygen atoms in total. The largest absolute Gasteiger partial charge is 0.385 e. The molecule has 1 amide bonds. The summed E-state index contributed by atoms with van der Waals surface area (Å²) >= 11 is 0. The van der Waals surface area contributed by atoms with Crippen molar-refractivity contribution < 1.29 is 9.53 Å². The second kappa shape index (κ2) is 5.67. The molecule has 98 valence electrons. The van der Waals surface area contributed by atoms with Gasteiger partial charge in [-0.3, -0.25) is 4.79 Å². The summed E-state index contributed by atoms with van der Waals surface area (Å²) < 4.78 is 4.95. The number of methoxy groups -OCH3 is 1. The number of rotatable bonds is 6. The molecule has 17 heavy (non-hydrogen) atoms. The molecular formula is C14H25NO2. The molecule has 0 saturated heterocycles. The molecule has 2 atom stereocenters. The molecule has 1 aliphatic rings. The van der Waals surface area contributed by atoms with Crippen LogP contribution in [0, 0.1) is 17.3 Å². The molecule has 0 aliphatic heterocycles. The zero-order valence-corrected chi connectivity index (χ0v) is 11.7. The number of amides is 1. The van der Waals surface area contributed by atoms with Crippen molar-refractivity contribution >= 4 is 5.91 Å². The summed E-state index contributed by atoms with van der Waals surface area (Å²) in [6, 6.07) is 0. The van der Waals surface area contributed by atoms with Gasteiger partial charge in [0.2, 0.25) is 5.91 Å². The third kappa shape index (κ3) is 3.56. The van der Waals surface area contributed by atoms with Gasteiger partial charge in [-0.15, -0.1) is 0 Å². The molecule has 1 saturated carbocycles. The van der Waals surface area contributed by atoms with E-state index < -0.39 is 0 Å². The Labute approximate surface area is 105 Å². The predicted molar refractivity (Wildman–Crippen MR) is 69.7 cm³/mol.